The highest BCUT2D eigenvalue weighted by atomic mass is 35.5. The normalized spacial score (nSPS) is 14.1. The third kappa shape index (κ3) is 4.51. The second-order valence-electron chi connectivity index (χ2n) is 8.24. The Morgan fingerprint density at radius 2 is 1.97 bits per heavy atom. The van der Waals surface area contributed by atoms with Gasteiger partial charge in [-0.15, -0.1) is 0 Å². The molecule has 0 saturated carbocycles. The summed E-state index contributed by atoms with van der Waals surface area (Å²) < 4.78 is 7.71. The van der Waals surface area contributed by atoms with Gasteiger partial charge >= 0.3 is 0 Å². The van der Waals surface area contributed by atoms with Crippen LogP contribution in [0.1, 0.15) is 18.9 Å². The Labute approximate surface area is 198 Å². The van der Waals surface area contributed by atoms with Crippen LogP contribution in [0.25, 0.3) is 22.3 Å². The van der Waals surface area contributed by atoms with E-state index in [0.717, 1.165) is 78.5 Å². The number of aryl methyl sites for hydroxylation is 2. The SMILES string of the molecule is CCCn1cc(-c2ccnc(Nc3cccc(N4CCOCC4)c3)n2)c2nc(Cl)cc(C)c21. The molecule has 8 heteroatoms. The minimum Gasteiger partial charge on any atom is -0.378 e. The molecular formula is C25H27ClN6O. The van der Waals surface area contributed by atoms with E-state index in [1.54, 1.807) is 6.20 Å². The minimum absolute atomic E-state index is 0.489. The van der Waals surface area contributed by atoms with E-state index >= 15 is 0 Å². The van der Waals surface area contributed by atoms with Gasteiger partial charge in [-0.05, 0) is 49.2 Å². The molecular weight excluding hydrogens is 436 g/mol. The predicted octanol–water partition coefficient (Wildman–Crippen LogP) is 5.45. The molecule has 5 rings (SSSR count). The molecule has 0 aliphatic carbocycles. The van der Waals surface area contributed by atoms with E-state index in [4.69, 9.17) is 21.3 Å². The summed E-state index contributed by atoms with van der Waals surface area (Å²) in [6.07, 6.45) is 4.92. The van der Waals surface area contributed by atoms with Crippen LogP contribution in [-0.4, -0.2) is 45.8 Å². The lowest BCUT2D eigenvalue weighted by Gasteiger charge is -2.29. The summed E-state index contributed by atoms with van der Waals surface area (Å²) in [6.45, 7) is 8.45. The van der Waals surface area contributed by atoms with Crippen LogP contribution in [0, 0.1) is 6.92 Å². The number of nitrogens with zero attached hydrogens (tertiary/aromatic N) is 5. The van der Waals surface area contributed by atoms with Gasteiger partial charge in [-0.3, -0.25) is 0 Å². The largest absolute Gasteiger partial charge is 0.378 e. The smallest absolute Gasteiger partial charge is 0.227 e. The van der Waals surface area contributed by atoms with Crippen LogP contribution in [0.5, 0.6) is 0 Å². The Bertz CT molecular complexity index is 1280. The lowest BCUT2D eigenvalue weighted by atomic mass is 10.1. The van der Waals surface area contributed by atoms with Crippen molar-refractivity contribution in [2.45, 2.75) is 26.8 Å². The van der Waals surface area contributed by atoms with Gasteiger partial charge in [0.25, 0.3) is 0 Å². The minimum atomic E-state index is 0.489. The second kappa shape index (κ2) is 9.37. The number of anilines is 3. The van der Waals surface area contributed by atoms with Crippen LogP contribution in [-0.2, 0) is 11.3 Å². The number of hydrogen-bond acceptors (Lipinski definition) is 6. The number of ether oxygens (including phenoxy) is 1. The third-order valence-corrected chi connectivity index (χ3v) is 6.05. The number of pyridine rings is 1. The lowest BCUT2D eigenvalue weighted by molar-refractivity contribution is 0.122. The molecule has 0 radical (unpaired) electrons. The molecule has 4 aromatic rings. The second-order valence-corrected chi connectivity index (χ2v) is 8.62. The Morgan fingerprint density at radius 1 is 1.12 bits per heavy atom. The van der Waals surface area contributed by atoms with E-state index in [0.29, 0.717) is 11.1 Å². The van der Waals surface area contributed by atoms with Gasteiger partial charge in [0.1, 0.15) is 5.15 Å². The van der Waals surface area contributed by atoms with Gasteiger partial charge in [0, 0.05) is 49.0 Å². The summed E-state index contributed by atoms with van der Waals surface area (Å²) in [7, 11) is 0. The van der Waals surface area contributed by atoms with Crippen molar-refractivity contribution in [3.63, 3.8) is 0 Å². The summed E-state index contributed by atoms with van der Waals surface area (Å²) in [4.78, 5) is 16.2. The first kappa shape index (κ1) is 21.7. The van der Waals surface area contributed by atoms with Gasteiger partial charge in [-0.25, -0.2) is 15.0 Å². The molecule has 0 spiro atoms. The fourth-order valence-corrected chi connectivity index (χ4v) is 4.61. The molecule has 4 heterocycles. The quantitative estimate of drug-likeness (QED) is 0.384. The van der Waals surface area contributed by atoms with Crippen LogP contribution in [0.3, 0.4) is 0 Å². The lowest BCUT2D eigenvalue weighted by Crippen LogP contribution is -2.36. The topological polar surface area (TPSA) is 68.1 Å². The molecule has 170 valence electrons. The molecule has 7 nitrogen and oxygen atoms in total. The zero-order chi connectivity index (χ0) is 22.8. The molecule has 0 unspecified atom stereocenters. The highest BCUT2D eigenvalue weighted by molar-refractivity contribution is 6.30. The van der Waals surface area contributed by atoms with E-state index in [9.17, 15) is 0 Å². The zero-order valence-corrected chi connectivity index (χ0v) is 19.6. The van der Waals surface area contributed by atoms with E-state index in [1.165, 1.54) is 0 Å². The van der Waals surface area contributed by atoms with Gasteiger partial charge in [-0.1, -0.05) is 24.6 Å². The summed E-state index contributed by atoms with van der Waals surface area (Å²) in [5.74, 6) is 0.543. The zero-order valence-electron chi connectivity index (χ0n) is 18.9. The number of morpholine rings is 1. The summed E-state index contributed by atoms with van der Waals surface area (Å²) in [5, 5.41) is 3.85. The molecule has 1 saturated heterocycles. The van der Waals surface area contributed by atoms with E-state index in [2.05, 4.69) is 56.9 Å². The maximum absolute atomic E-state index is 6.31. The number of hydrogen-bond donors (Lipinski definition) is 1. The van der Waals surface area contributed by atoms with E-state index < -0.39 is 0 Å². The molecule has 0 bridgehead atoms. The van der Waals surface area contributed by atoms with Gasteiger partial charge in [0.2, 0.25) is 5.95 Å². The van der Waals surface area contributed by atoms with E-state index in [-0.39, 0.29) is 0 Å². The van der Waals surface area contributed by atoms with Crippen molar-refractivity contribution in [3.05, 3.63) is 59.5 Å². The maximum atomic E-state index is 6.31. The van der Waals surface area contributed by atoms with Crippen LogP contribution in [0.4, 0.5) is 17.3 Å². The third-order valence-electron chi connectivity index (χ3n) is 5.85. The molecule has 0 atom stereocenters. The molecule has 1 aromatic carbocycles. The summed E-state index contributed by atoms with van der Waals surface area (Å²) >= 11 is 6.31. The first-order valence-corrected chi connectivity index (χ1v) is 11.7. The van der Waals surface area contributed by atoms with Crippen LogP contribution in [0.2, 0.25) is 5.15 Å². The molecule has 1 aliphatic rings. The molecule has 1 fully saturated rings. The number of aromatic nitrogens is 4. The Hall–Kier alpha value is -3.16. The number of halogens is 1. The van der Waals surface area contributed by atoms with Gasteiger partial charge in [0.15, 0.2) is 0 Å². The van der Waals surface area contributed by atoms with Crippen molar-refractivity contribution < 1.29 is 4.74 Å². The highest BCUT2D eigenvalue weighted by Crippen LogP contribution is 2.32. The number of benzene rings is 1. The first-order valence-electron chi connectivity index (χ1n) is 11.3. The van der Waals surface area contributed by atoms with Crippen LogP contribution in [0.15, 0.2) is 48.8 Å². The summed E-state index contributed by atoms with van der Waals surface area (Å²) in [5.41, 5.74) is 6.95. The molecule has 1 aliphatic heterocycles. The van der Waals surface area contributed by atoms with Crippen molar-refractivity contribution in [2.75, 3.05) is 36.5 Å². The number of nitrogens with one attached hydrogen (secondary N) is 1. The summed E-state index contributed by atoms with van der Waals surface area (Å²) in [6, 6.07) is 12.1. The average molecular weight is 463 g/mol. The number of rotatable bonds is 6. The van der Waals surface area contributed by atoms with Crippen molar-refractivity contribution in [1.82, 2.24) is 19.5 Å². The van der Waals surface area contributed by atoms with Gasteiger partial charge < -0.3 is 19.5 Å². The molecule has 3 aromatic heterocycles. The van der Waals surface area contributed by atoms with Crippen molar-refractivity contribution in [3.8, 4) is 11.3 Å². The average Bonchev–Trinajstić information content (AvgIpc) is 3.19. The standard InChI is InChI=1S/C25H27ClN6O/c1-3-9-32-16-20(23-24(32)17(2)14-22(26)30-23)21-7-8-27-25(29-21)28-18-5-4-6-19(15-18)31-10-12-33-13-11-31/h4-8,14-16H,3,9-13H2,1-2H3,(H,27,28,29). The fraction of sp³-hybridized carbons (Fsp3) is 0.320. The highest BCUT2D eigenvalue weighted by Gasteiger charge is 2.17. The first-order chi connectivity index (χ1) is 16.1. The molecule has 33 heavy (non-hydrogen) atoms. The van der Waals surface area contributed by atoms with E-state index in [1.807, 2.05) is 24.3 Å². The van der Waals surface area contributed by atoms with Crippen molar-refractivity contribution in [2.24, 2.45) is 0 Å². The predicted molar refractivity (Wildman–Crippen MR) is 134 cm³/mol. The molecule has 1 N–H and O–H groups in total. The van der Waals surface area contributed by atoms with Crippen LogP contribution < -0.4 is 10.2 Å². The molecule has 0 amide bonds. The Kier molecular flexibility index (Phi) is 6.15. The maximum Gasteiger partial charge on any atom is 0.227 e. The number of fused-ring (bicyclic) bond motifs is 1. The van der Waals surface area contributed by atoms with Gasteiger partial charge in [-0.2, -0.15) is 0 Å². The van der Waals surface area contributed by atoms with Crippen molar-refractivity contribution >= 4 is 40.0 Å². The van der Waals surface area contributed by atoms with Gasteiger partial charge in [0.05, 0.1) is 29.9 Å². The fourth-order valence-electron chi connectivity index (χ4n) is 4.36. The Morgan fingerprint density at radius 3 is 2.79 bits per heavy atom. The Balaban J connectivity index is 1.48. The van der Waals surface area contributed by atoms with Crippen LogP contribution >= 0.6 is 11.6 Å². The monoisotopic (exact) mass is 462 g/mol. The van der Waals surface area contributed by atoms with Crippen molar-refractivity contribution in [1.29, 1.82) is 0 Å².